The minimum atomic E-state index is -0.514. The zero-order valence-corrected chi connectivity index (χ0v) is 17.3. The zero-order chi connectivity index (χ0) is 19.9. The van der Waals surface area contributed by atoms with E-state index in [0.29, 0.717) is 27.5 Å². The third-order valence-electron chi connectivity index (χ3n) is 3.69. The van der Waals surface area contributed by atoms with Gasteiger partial charge in [0.1, 0.15) is 5.75 Å². The highest BCUT2D eigenvalue weighted by Gasteiger charge is 2.11. The van der Waals surface area contributed by atoms with Crippen molar-refractivity contribution in [3.63, 3.8) is 0 Å². The van der Waals surface area contributed by atoms with Crippen molar-refractivity contribution in [2.75, 3.05) is 0 Å². The number of benzene rings is 3. The molecule has 1 N–H and O–H groups in total. The van der Waals surface area contributed by atoms with Crippen LogP contribution in [0.1, 0.15) is 26.3 Å². The third kappa shape index (κ3) is 5.17. The Morgan fingerprint density at radius 3 is 2.39 bits per heavy atom. The largest absolute Gasteiger partial charge is 0.422 e. The van der Waals surface area contributed by atoms with Crippen LogP contribution < -0.4 is 10.2 Å². The Morgan fingerprint density at radius 1 is 0.964 bits per heavy atom. The molecule has 0 radical (unpaired) electrons. The molecule has 0 atom stereocenters. The molecule has 0 heterocycles. The van der Waals surface area contributed by atoms with E-state index in [1.54, 1.807) is 60.7 Å². The van der Waals surface area contributed by atoms with Crippen LogP contribution in [0.15, 0.2) is 77.9 Å². The van der Waals surface area contributed by atoms with Crippen LogP contribution in [0.4, 0.5) is 0 Å². The van der Waals surface area contributed by atoms with Gasteiger partial charge in [0.05, 0.1) is 17.3 Å². The van der Waals surface area contributed by atoms with E-state index in [4.69, 9.17) is 16.3 Å². The molecule has 5 nitrogen and oxygen atoms in total. The number of nitrogens with zero attached hydrogens (tertiary/aromatic N) is 1. The summed E-state index contributed by atoms with van der Waals surface area (Å²) in [5.74, 6) is -0.507. The summed E-state index contributed by atoms with van der Waals surface area (Å²) in [5, 5.41) is 4.51. The fourth-order valence-electron chi connectivity index (χ4n) is 2.29. The number of amides is 1. The lowest BCUT2D eigenvalue weighted by Crippen LogP contribution is -2.18. The fraction of sp³-hybridized carbons (Fsp3) is 0. The van der Waals surface area contributed by atoms with Crippen molar-refractivity contribution in [3.05, 3.63) is 98.1 Å². The number of esters is 1. The molecule has 0 aliphatic heterocycles. The number of hydrogen-bond acceptors (Lipinski definition) is 4. The monoisotopic (exact) mass is 504 g/mol. The van der Waals surface area contributed by atoms with Crippen LogP contribution >= 0.6 is 34.2 Å². The van der Waals surface area contributed by atoms with Gasteiger partial charge in [-0.25, -0.2) is 10.2 Å². The Morgan fingerprint density at radius 2 is 1.64 bits per heavy atom. The van der Waals surface area contributed by atoms with Gasteiger partial charge in [0.15, 0.2) is 0 Å². The number of hydrazone groups is 1. The summed E-state index contributed by atoms with van der Waals surface area (Å²) in [6.45, 7) is 0. The molecule has 3 rings (SSSR count). The molecule has 0 spiro atoms. The molecule has 1 amide bonds. The highest BCUT2D eigenvalue weighted by Crippen LogP contribution is 2.18. The minimum absolute atomic E-state index is 0.322. The summed E-state index contributed by atoms with van der Waals surface area (Å²) < 4.78 is 6.27. The Balaban J connectivity index is 1.70. The summed E-state index contributed by atoms with van der Waals surface area (Å²) in [4.78, 5) is 24.5. The molecule has 3 aromatic rings. The quantitative estimate of drug-likeness (QED) is 0.176. The van der Waals surface area contributed by atoms with E-state index in [0.717, 1.165) is 3.57 Å². The Labute approximate surface area is 180 Å². The van der Waals surface area contributed by atoms with Gasteiger partial charge in [-0.05, 0) is 71.1 Å². The normalized spacial score (nSPS) is 10.6. The predicted octanol–water partition coefficient (Wildman–Crippen LogP) is 4.93. The van der Waals surface area contributed by atoms with E-state index in [2.05, 4.69) is 33.1 Å². The fourth-order valence-corrected chi connectivity index (χ4v) is 3.05. The number of carbonyl (C=O) groups is 2. The first kappa shape index (κ1) is 20.0. The Kier molecular flexibility index (Phi) is 6.78. The van der Waals surface area contributed by atoms with Crippen molar-refractivity contribution in [1.82, 2.24) is 5.43 Å². The lowest BCUT2D eigenvalue weighted by atomic mass is 10.2. The van der Waals surface area contributed by atoms with E-state index in [1.807, 2.05) is 12.1 Å². The second-order valence-corrected chi connectivity index (χ2v) is 7.21. The van der Waals surface area contributed by atoms with Gasteiger partial charge in [-0.2, -0.15) is 5.10 Å². The molecular formula is C21H14ClIN2O3. The average molecular weight is 505 g/mol. The minimum Gasteiger partial charge on any atom is -0.422 e. The number of rotatable bonds is 5. The van der Waals surface area contributed by atoms with Crippen LogP contribution in [0, 0.1) is 3.57 Å². The van der Waals surface area contributed by atoms with Crippen LogP contribution in [0.25, 0.3) is 0 Å². The molecular weight excluding hydrogens is 491 g/mol. The van der Waals surface area contributed by atoms with E-state index in [-0.39, 0.29) is 5.91 Å². The van der Waals surface area contributed by atoms with Crippen molar-refractivity contribution in [3.8, 4) is 5.75 Å². The first-order valence-corrected chi connectivity index (χ1v) is 9.65. The molecule has 0 unspecified atom stereocenters. The van der Waals surface area contributed by atoms with Crippen molar-refractivity contribution in [2.24, 2.45) is 5.10 Å². The van der Waals surface area contributed by atoms with Gasteiger partial charge in [-0.1, -0.05) is 35.9 Å². The van der Waals surface area contributed by atoms with Crippen LogP contribution in [0.3, 0.4) is 0 Å². The number of ether oxygens (including phenoxy) is 1. The maximum Gasteiger partial charge on any atom is 0.343 e. The molecule has 140 valence electrons. The molecule has 0 aliphatic carbocycles. The first-order chi connectivity index (χ1) is 13.5. The van der Waals surface area contributed by atoms with E-state index in [9.17, 15) is 9.59 Å². The number of hydrogen-bond donors (Lipinski definition) is 1. The number of halogens is 2. The highest BCUT2D eigenvalue weighted by molar-refractivity contribution is 14.1. The Hall–Kier alpha value is -2.71. The maximum absolute atomic E-state index is 12.3. The molecule has 28 heavy (non-hydrogen) atoms. The topological polar surface area (TPSA) is 67.8 Å². The molecule has 0 aliphatic rings. The van der Waals surface area contributed by atoms with Crippen molar-refractivity contribution >= 4 is 52.3 Å². The van der Waals surface area contributed by atoms with Gasteiger partial charge in [-0.15, -0.1) is 0 Å². The average Bonchev–Trinajstić information content (AvgIpc) is 2.70. The number of para-hydroxylation sites is 1. The summed E-state index contributed by atoms with van der Waals surface area (Å²) in [6, 6.07) is 20.5. The zero-order valence-electron chi connectivity index (χ0n) is 14.4. The van der Waals surface area contributed by atoms with Crippen molar-refractivity contribution in [2.45, 2.75) is 0 Å². The second kappa shape index (κ2) is 9.48. The van der Waals surface area contributed by atoms with Gasteiger partial charge in [-0.3, -0.25) is 4.79 Å². The summed E-state index contributed by atoms with van der Waals surface area (Å²) in [5.41, 5.74) is 3.93. The lowest BCUT2D eigenvalue weighted by Gasteiger charge is -2.07. The summed E-state index contributed by atoms with van der Waals surface area (Å²) >= 11 is 7.92. The first-order valence-electron chi connectivity index (χ1n) is 8.19. The predicted molar refractivity (Wildman–Crippen MR) is 117 cm³/mol. The molecule has 0 saturated carbocycles. The maximum atomic E-state index is 12.3. The third-order valence-corrected chi connectivity index (χ3v) is 4.88. The molecule has 0 bridgehead atoms. The standard InChI is InChI=1S/C21H14ClIN2O3/c22-16-11-9-14(10-12-16)21(27)28-19-8-4-1-5-15(19)13-24-25-20(26)17-6-2-3-7-18(17)23/h1-13H,(H,25,26). The molecule has 0 aromatic heterocycles. The van der Waals surface area contributed by atoms with Crippen LogP contribution in [0.2, 0.25) is 5.02 Å². The van der Waals surface area contributed by atoms with E-state index < -0.39 is 5.97 Å². The second-order valence-electron chi connectivity index (χ2n) is 5.61. The van der Waals surface area contributed by atoms with Gasteiger partial charge in [0.2, 0.25) is 0 Å². The van der Waals surface area contributed by atoms with E-state index in [1.165, 1.54) is 6.21 Å². The smallest absolute Gasteiger partial charge is 0.343 e. The summed E-state index contributed by atoms with van der Waals surface area (Å²) in [7, 11) is 0. The van der Waals surface area contributed by atoms with Gasteiger partial charge < -0.3 is 4.74 Å². The van der Waals surface area contributed by atoms with Crippen LogP contribution in [0.5, 0.6) is 5.75 Å². The molecule has 7 heteroatoms. The highest BCUT2D eigenvalue weighted by atomic mass is 127. The summed E-state index contributed by atoms with van der Waals surface area (Å²) in [6.07, 6.45) is 1.43. The van der Waals surface area contributed by atoms with Crippen LogP contribution in [-0.2, 0) is 0 Å². The molecule has 3 aromatic carbocycles. The number of nitrogens with one attached hydrogen (secondary N) is 1. The van der Waals surface area contributed by atoms with Gasteiger partial charge >= 0.3 is 5.97 Å². The van der Waals surface area contributed by atoms with Gasteiger partial charge in [0, 0.05) is 14.2 Å². The molecule has 0 saturated heterocycles. The van der Waals surface area contributed by atoms with Crippen molar-refractivity contribution < 1.29 is 14.3 Å². The number of carbonyl (C=O) groups excluding carboxylic acids is 2. The molecule has 0 fully saturated rings. The SMILES string of the molecule is O=C(Oc1ccccc1C=NNC(=O)c1ccccc1I)c1ccc(Cl)cc1. The van der Waals surface area contributed by atoms with Crippen molar-refractivity contribution in [1.29, 1.82) is 0 Å². The van der Waals surface area contributed by atoms with E-state index >= 15 is 0 Å². The lowest BCUT2D eigenvalue weighted by molar-refractivity contribution is 0.0734. The van der Waals surface area contributed by atoms with Crippen LogP contribution in [-0.4, -0.2) is 18.1 Å². The Bertz CT molecular complexity index is 1040. The van der Waals surface area contributed by atoms with Gasteiger partial charge in [0.25, 0.3) is 5.91 Å².